The van der Waals surface area contributed by atoms with E-state index in [1.807, 2.05) is 0 Å². The average molecular weight is 322 g/mol. The van der Waals surface area contributed by atoms with E-state index in [1.54, 1.807) is 6.92 Å². The quantitative estimate of drug-likeness (QED) is 0.845. The molecule has 1 amide bonds. The molecule has 118 valence electrons. The highest BCUT2D eigenvalue weighted by atomic mass is 32.1. The SMILES string of the molecule is CC(O)(CC(=O)NCCc1nc(C(F)(F)F)cs1)C1CC1. The Hall–Kier alpha value is -1.15. The molecule has 0 bridgehead atoms. The van der Waals surface area contributed by atoms with Gasteiger partial charge >= 0.3 is 6.18 Å². The summed E-state index contributed by atoms with van der Waals surface area (Å²) in [5, 5.41) is 13.9. The molecule has 1 atom stereocenters. The van der Waals surface area contributed by atoms with Crippen LogP contribution in [0.2, 0.25) is 0 Å². The van der Waals surface area contributed by atoms with Gasteiger partial charge in [-0.15, -0.1) is 11.3 Å². The molecule has 1 fully saturated rings. The van der Waals surface area contributed by atoms with Gasteiger partial charge in [0.2, 0.25) is 5.91 Å². The number of hydrogen-bond donors (Lipinski definition) is 2. The minimum Gasteiger partial charge on any atom is -0.389 e. The fourth-order valence-electron chi connectivity index (χ4n) is 2.10. The van der Waals surface area contributed by atoms with Gasteiger partial charge in [-0.05, 0) is 25.7 Å². The number of nitrogens with one attached hydrogen (secondary N) is 1. The number of hydrogen-bond acceptors (Lipinski definition) is 4. The second-order valence-corrected chi connectivity index (χ2v) is 6.48. The Morgan fingerprint density at radius 3 is 2.71 bits per heavy atom. The van der Waals surface area contributed by atoms with E-state index in [0.717, 1.165) is 29.6 Å². The van der Waals surface area contributed by atoms with Crippen molar-refractivity contribution in [1.82, 2.24) is 10.3 Å². The number of carbonyl (C=O) groups excluding carboxylic acids is 1. The smallest absolute Gasteiger partial charge is 0.389 e. The zero-order chi connectivity index (χ0) is 15.7. The minimum atomic E-state index is -4.43. The van der Waals surface area contributed by atoms with Crippen molar-refractivity contribution in [1.29, 1.82) is 0 Å². The first kappa shape index (κ1) is 16.2. The summed E-state index contributed by atoms with van der Waals surface area (Å²) in [7, 11) is 0. The largest absolute Gasteiger partial charge is 0.434 e. The highest BCUT2D eigenvalue weighted by molar-refractivity contribution is 7.09. The Bertz CT molecular complexity index is 510. The number of alkyl halides is 3. The molecule has 0 aliphatic heterocycles. The van der Waals surface area contributed by atoms with Crippen molar-refractivity contribution in [3.8, 4) is 0 Å². The van der Waals surface area contributed by atoms with Crippen LogP contribution in [0.4, 0.5) is 13.2 Å². The van der Waals surface area contributed by atoms with Crippen molar-refractivity contribution in [2.75, 3.05) is 6.54 Å². The van der Waals surface area contributed by atoms with Gasteiger partial charge in [0.1, 0.15) is 0 Å². The highest BCUT2D eigenvalue weighted by Crippen LogP contribution is 2.41. The van der Waals surface area contributed by atoms with Crippen LogP contribution >= 0.6 is 11.3 Å². The van der Waals surface area contributed by atoms with Gasteiger partial charge in [-0.25, -0.2) is 4.98 Å². The zero-order valence-electron chi connectivity index (χ0n) is 11.5. The summed E-state index contributed by atoms with van der Waals surface area (Å²) in [5.74, 6) is -0.115. The van der Waals surface area contributed by atoms with Gasteiger partial charge in [-0.2, -0.15) is 13.2 Å². The van der Waals surface area contributed by atoms with Gasteiger partial charge < -0.3 is 10.4 Å². The Kier molecular flexibility index (Phi) is 4.57. The molecule has 2 rings (SSSR count). The monoisotopic (exact) mass is 322 g/mol. The normalized spacial score (nSPS) is 18.3. The van der Waals surface area contributed by atoms with E-state index < -0.39 is 17.5 Å². The standard InChI is InChI=1S/C13H17F3N2O2S/c1-12(20,8-2-3-8)6-10(19)17-5-4-11-18-9(7-21-11)13(14,15)16/h7-8,20H,2-6H2,1H3,(H,17,19). The molecule has 0 aromatic carbocycles. The summed E-state index contributed by atoms with van der Waals surface area (Å²) >= 11 is 0.924. The van der Waals surface area contributed by atoms with E-state index in [2.05, 4.69) is 10.3 Å². The summed E-state index contributed by atoms with van der Waals surface area (Å²) < 4.78 is 37.1. The van der Waals surface area contributed by atoms with Crippen molar-refractivity contribution >= 4 is 17.2 Å². The molecule has 0 radical (unpaired) electrons. The number of nitrogens with zero attached hydrogens (tertiary/aromatic N) is 1. The van der Waals surface area contributed by atoms with E-state index in [0.29, 0.717) is 5.01 Å². The number of aliphatic hydroxyl groups is 1. The molecule has 1 aliphatic rings. The number of aromatic nitrogens is 1. The minimum absolute atomic E-state index is 0.0172. The summed E-state index contributed by atoms with van der Waals surface area (Å²) in [5.41, 5.74) is -1.89. The third kappa shape index (κ3) is 4.67. The number of halogens is 3. The first-order chi connectivity index (χ1) is 9.68. The van der Waals surface area contributed by atoms with Gasteiger partial charge in [0.25, 0.3) is 0 Å². The van der Waals surface area contributed by atoms with Gasteiger partial charge in [0.15, 0.2) is 5.69 Å². The Labute approximate surface area is 124 Å². The van der Waals surface area contributed by atoms with E-state index in [9.17, 15) is 23.1 Å². The molecular weight excluding hydrogens is 305 g/mol. The van der Waals surface area contributed by atoms with Gasteiger partial charge in [0.05, 0.1) is 17.0 Å². The zero-order valence-corrected chi connectivity index (χ0v) is 12.4. The summed E-state index contributed by atoms with van der Waals surface area (Å²) in [4.78, 5) is 15.2. The van der Waals surface area contributed by atoms with Crippen LogP contribution in [0.15, 0.2) is 5.38 Å². The number of rotatable bonds is 6. The van der Waals surface area contributed by atoms with Crippen molar-refractivity contribution < 1.29 is 23.1 Å². The molecule has 2 N–H and O–H groups in total. The number of carbonyl (C=O) groups is 1. The summed E-state index contributed by atoms with van der Waals surface area (Å²) in [6.07, 6.45) is -2.30. The molecule has 1 saturated carbocycles. The molecule has 1 heterocycles. The Morgan fingerprint density at radius 1 is 1.52 bits per heavy atom. The number of thiazole rings is 1. The third-order valence-electron chi connectivity index (χ3n) is 3.48. The van der Waals surface area contributed by atoms with Crippen molar-refractivity contribution in [2.24, 2.45) is 5.92 Å². The highest BCUT2D eigenvalue weighted by Gasteiger charge is 2.41. The van der Waals surface area contributed by atoms with Crippen molar-refractivity contribution in [3.05, 3.63) is 16.1 Å². The Morgan fingerprint density at radius 2 is 2.19 bits per heavy atom. The fraction of sp³-hybridized carbons (Fsp3) is 0.692. The molecule has 0 saturated heterocycles. The van der Waals surface area contributed by atoms with Crippen molar-refractivity contribution in [3.63, 3.8) is 0 Å². The van der Waals surface area contributed by atoms with Crippen LogP contribution < -0.4 is 5.32 Å². The van der Waals surface area contributed by atoms with Gasteiger partial charge in [-0.3, -0.25) is 4.79 Å². The maximum atomic E-state index is 12.4. The molecule has 4 nitrogen and oxygen atoms in total. The molecule has 1 aromatic heterocycles. The van der Waals surface area contributed by atoms with E-state index >= 15 is 0 Å². The van der Waals surface area contributed by atoms with Crippen LogP contribution in [-0.2, 0) is 17.4 Å². The van der Waals surface area contributed by atoms with Crippen LogP contribution in [-0.4, -0.2) is 28.1 Å². The van der Waals surface area contributed by atoms with Crippen LogP contribution in [0, 0.1) is 5.92 Å². The second-order valence-electron chi connectivity index (χ2n) is 5.53. The maximum Gasteiger partial charge on any atom is 0.434 e. The lowest BCUT2D eigenvalue weighted by Gasteiger charge is -2.21. The number of amides is 1. The predicted octanol–water partition coefficient (Wildman–Crippen LogP) is 2.37. The molecule has 1 unspecified atom stereocenters. The van der Waals surface area contributed by atoms with Crippen LogP contribution in [0.3, 0.4) is 0 Å². The third-order valence-corrected chi connectivity index (χ3v) is 4.39. The van der Waals surface area contributed by atoms with E-state index in [4.69, 9.17) is 0 Å². The Balaban J connectivity index is 1.74. The molecule has 0 spiro atoms. The van der Waals surface area contributed by atoms with Crippen molar-refractivity contribution in [2.45, 2.75) is 44.4 Å². The summed E-state index contributed by atoms with van der Waals surface area (Å²) in [6.45, 7) is 1.85. The van der Waals surface area contributed by atoms with Crippen LogP contribution in [0.25, 0.3) is 0 Å². The second kappa shape index (κ2) is 5.92. The lowest BCUT2D eigenvalue weighted by Crippen LogP contribution is -2.36. The summed E-state index contributed by atoms with van der Waals surface area (Å²) in [6, 6.07) is 0. The molecule has 1 aliphatic carbocycles. The predicted molar refractivity (Wildman–Crippen MR) is 71.8 cm³/mol. The first-order valence-electron chi connectivity index (χ1n) is 6.69. The van der Waals surface area contributed by atoms with Crippen LogP contribution in [0.1, 0.15) is 36.9 Å². The molecule has 8 heteroatoms. The molecule has 1 aromatic rings. The van der Waals surface area contributed by atoms with Crippen LogP contribution in [0.5, 0.6) is 0 Å². The van der Waals surface area contributed by atoms with E-state index in [1.165, 1.54) is 0 Å². The topological polar surface area (TPSA) is 62.2 Å². The first-order valence-corrected chi connectivity index (χ1v) is 7.57. The molecule has 21 heavy (non-hydrogen) atoms. The van der Waals surface area contributed by atoms with E-state index in [-0.39, 0.29) is 31.2 Å². The lowest BCUT2D eigenvalue weighted by atomic mass is 9.96. The fourth-order valence-corrected chi connectivity index (χ4v) is 2.91. The van der Waals surface area contributed by atoms with Gasteiger partial charge in [0, 0.05) is 18.3 Å². The lowest BCUT2D eigenvalue weighted by molar-refractivity contribution is -0.140. The maximum absolute atomic E-state index is 12.4. The average Bonchev–Trinajstić information content (AvgIpc) is 3.08. The van der Waals surface area contributed by atoms with Gasteiger partial charge in [-0.1, -0.05) is 0 Å². The molecular formula is C13H17F3N2O2S.